The Morgan fingerprint density at radius 3 is 2.76 bits per heavy atom. The number of carboxylic acids is 1. The van der Waals surface area contributed by atoms with Crippen molar-refractivity contribution >= 4 is 22.0 Å². The molecular weight excluding hydrogens is 300 g/mol. The van der Waals surface area contributed by atoms with Crippen molar-refractivity contribution in [1.82, 2.24) is 9.29 Å². The third kappa shape index (κ3) is 3.08. The lowest BCUT2D eigenvalue weighted by Gasteiger charge is -2.30. The van der Waals surface area contributed by atoms with Gasteiger partial charge in [0.1, 0.15) is 10.6 Å². The van der Waals surface area contributed by atoms with Gasteiger partial charge in [0.25, 0.3) is 0 Å². The summed E-state index contributed by atoms with van der Waals surface area (Å²) in [6.07, 6.45) is 2.27. The summed E-state index contributed by atoms with van der Waals surface area (Å²) in [6.45, 7) is 0.339. The first-order valence-corrected chi connectivity index (χ1v) is 7.80. The lowest BCUT2D eigenvalue weighted by Crippen LogP contribution is -2.42. The summed E-state index contributed by atoms with van der Waals surface area (Å²) in [5.41, 5.74) is -0.199. The second-order valence-corrected chi connectivity index (χ2v) is 6.72. The number of esters is 1. The quantitative estimate of drug-likeness (QED) is 0.771. The van der Waals surface area contributed by atoms with E-state index in [0.717, 1.165) is 12.3 Å². The summed E-state index contributed by atoms with van der Waals surface area (Å²) in [5, 5.41) is 8.82. The number of piperidine rings is 1. The van der Waals surface area contributed by atoms with E-state index in [2.05, 4.69) is 9.72 Å². The molecule has 1 fully saturated rings. The van der Waals surface area contributed by atoms with Crippen molar-refractivity contribution in [2.45, 2.75) is 17.7 Å². The molecule has 0 radical (unpaired) electrons. The first-order chi connectivity index (χ1) is 9.86. The van der Waals surface area contributed by atoms with Crippen molar-refractivity contribution in [2.75, 3.05) is 20.2 Å². The van der Waals surface area contributed by atoms with Gasteiger partial charge in [-0.3, -0.25) is 4.79 Å². The van der Waals surface area contributed by atoms with Crippen LogP contribution >= 0.6 is 0 Å². The fourth-order valence-corrected chi connectivity index (χ4v) is 3.83. The number of methoxy groups -OCH3 is 1. The molecule has 0 spiro atoms. The minimum atomic E-state index is -3.82. The van der Waals surface area contributed by atoms with E-state index in [0.29, 0.717) is 19.4 Å². The molecule has 9 heteroatoms. The van der Waals surface area contributed by atoms with Gasteiger partial charge in [0.05, 0.1) is 13.0 Å². The first kappa shape index (κ1) is 15.5. The molecule has 0 saturated carbocycles. The second kappa shape index (κ2) is 5.86. The van der Waals surface area contributed by atoms with Crippen LogP contribution < -0.4 is 0 Å². The fourth-order valence-electron chi connectivity index (χ4n) is 2.32. The van der Waals surface area contributed by atoms with Crippen LogP contribution in [0.25, 0.3) is 0 Å². The van der Waals surface area contributed by atoms with E-state index in [9.17, 15) is 18.0 Å². The molecule has 1 aliphatic heterocycles. The topological polar surface area (TPSA) is 117 Å². The number of ether oxygens (including phenoxy) is 1. The molecule has 1 unspecified atom stereocenters. The predicted octanol–water partition coefficient (Wildman–Crippen LogP) is 0.287. The zero-order chi connectivity index (χ0) is 15.6. The van der Waals surface area contributed by atoms with Crippen LogP contribution in [0.5, 0.6) is 0 Å². The summed E-state index contributed by atoms with van der Waals surface area (Å²) in [7, 11) is -2.55. The van der Waals surface area contributed by atoms with Gasteiger partial charge in [-0.15, -0.1) is 0 Å². The van der Waals surface area contributed by atoms with Gasteiger partial charge >= 0.3 is 11.9 Å². The van der Waals surface area contributed by atoms with Gasteiger partial charge in [0.15, 0.2) is 0 Å². The van der Waals surface area contributed by atoms with E-state index < -0.39 is 27.9 Å². The van der Waals surface area contributed by atoms with Crippen LogP contribution in [0.4, 0.5) is 0 Å². The number of carbonyl (C=O) groups is 2. The zero-order valence-electron chi connectivity index (χ0n) is 11.4. The van der Waals surface area contributed by atoms with Crippen LogP contribution in [0.1, 0.15) is 23.3 Å². The Balaban J connectivity index is 2.22. The highest BCUT2D eigenvalue weighted by Crippen LogP contribution is 2.24. The molecule has 21 heavy (non-hydrogen) atoms. The Morgan fingerprint density at radius 1 is 1.48 bits per heavy atom. The second-order valence-electron chi connectivity index (χ2n) is 4.78. The molecule has 0 aromatic carbocycles. The highest BCUT2D eigenvalue weighted by Gasteiger charge is 2.34. The minimum Gasteiger partial charge on any atom is -0.477 e. The molecule has 0 bridgehead atoms. The molecule has 8 nitrogen and oxygen atoms in total. The van der Waals surface area contributed by atoms with E-state index in [1.54, 1.807) is 0 Å². The van der Waals surface area contributed by atoms with E-state index >= 15 is 0 Å². The van der Waals surface area contributed by atoms with Crippen molar-refractivity contribution in [3.05, 3.63) is 18.0 Å². The number of aromatic carboxylic acids is 1. The van der Waals surface area contributed by atoms with Crippen LogP contribution in [-0.4, -0.2) is 55.0 Å². The summed E-state index contributed by atoms with van der Waals surface area (Å²) in [5.74, 6) is -2.16. The number of aromatic nitrogens is 1. The summed E-state index contributed by atoms with van der Waals surface area (Å²) < 4.78 is 30.7. The maximum atomic E-state index is 12.4. The highest BCUT2D eigenvalue weighted by molar-refractivity contribution is 7.89. The maximum absolute atomic E-state index is 12.4. The number of H-pyrrole nitrogens is 1. The van der Waals surface area contributed by atoms with Crippen LogP contribution in [0.15, 0.2) is 17.2 Å². The molecule has 0 amide bonds. The van der Waals surface area contributed by atoms with Gasteiger partial charge in [-0.2, -0.15) is 4.31 Å². The number of hydrogen-bond donors (Lipinski definition) is 2. The number of hydrogen-bond acceptors (Lipinski definition) is 5. The number of nitrogens with one attached hydrogen (secondary N) is 1. The number of rotatable bonds is 4. The molecular formula is C12H16N2O6S. The summed E-state index contributed by atoms with van der Waals surface area (Å²) in [6, 6.07) is 1.07. The van der Waals surface area contributed by atoms with Crippen LogP contribution in [0.3, 0.4) is 0 Å². The van der Waals surface area contributed by atoms with Crippen LogP contribution in [-0.2, 0) is 19.6 Å². The van der Waals surface area contributed by atoms with Crippen LogP contribution in [0, 0.1) is 5.92 Å². The Morgan fingerprint density at radius 2 is 2.19 bits per heavy atom. The van der Waals surface area contributed by atoms with Crippen molar-refractivity contribution in [1.29, 1.82) is 0 Å². The van der Waals surface area contributed by atoms with Gasteiger partial charge in [-0.25, -0.2) is 13.2 Å². The molecule has 0 aliphatic carbocycles. The highest BCUT2D eigenvalue weighted by atomic mass is 32.2. The smallest absolute Gasteiger partial charge is 0.352 e. The van der Waals surface area contributed by atoms with Crippen molar-refractivity contribution < 1.29 is 27.9 Å². The summed E-state index contributed by atoms with van der Waals surface area (Å²) >= 11 is 0. The molecule has 1 atom stereocenters. The van der Waals surface area contributed by atoms with Gasteiger partial charge < -0.3 is 14.8 Å². The van der Waals surface area contributed by atoms with E-state index in [1.807, 2.05) is 0 Å². The third-order valence-electron chi connectivity index (χ3n) is 3.44. The van der Waals surface area contributed by atoms with E-state index in [-0.39, 0.29) is 17.1 Å². The van der Waals surface area contributed by atoms with E-state index in [4.69, 9.17) is 5.11 Å². The zero-order valence-corrected chi connectivity index (χ0v) is 12.2. The van der Waals surface area contributed by atoms with E-state index in [1.165, 1.54) is 11.4 Å². The Kier molecular flexibility index (Phi) is 4.33. The van der Waals surface area contributed by atoms with Gasteiger partial charge in [-0.1, -0.05) is 0 Å². The van der Waals surface area contributed by atoms with Gasteiger partial charge in [-0.05, 0) is 18.9 Å². The number of carboxylic acid groups (broad SMARTS) is 1. The Bertz CT molecular complexity index is 650. The Hall–Kier alpha value is -1.87. The molecule has 116 valence electrons. The maximum Gasteiger partial charge on any atom is 0.352 e. The molecule has 2 N–H and O–H groups in total. The summed E-state index contributed by atoms with van der Waals surface area (Å²) in [4.78, 5) is 24.6. The average molecular weight is 316 g/mol. The van der Waals surface area contributed by atoms with Gasteiger partial charge in [0, 0.05) is 19.3 Å². The minimum absolute atomic E-state index is 0.0442. The lowest BCUT2D eigenvalue weighted by atomic mass is 10.0. The lowest BCUT2D eigenvalue weighted by molar-refractivity contribution is -0.146. The number of nitrogens with zero attached hydrogens (tertiary/aromatic N) is 1. The molecule has 2 rings (SSSR count). The average Bonchev–Trinajstić information content (AvgIpc) is 2.97. The normalized spacial score (nSPS) is 20.1. The predicted molar refractivity (Wildman–Crippen MR) is 71.3 cm³/mol. The van der Waals surface area contributed by atoms with Gasteiger partial charge in [0.2, 0.25) is 10.0 Å². The van der Waals surface area contributed by atoms with Crippen molar-refractivity contribution in [3.63, 3.8) is 0 Å². The number of sulfonamides is 1. The van der Waals surface area contributed by atoms with Crippen molar-refractivity contribution in [2.24, 2.45) is 5.92 Å². The molecule has 1 saturated heterocycles. The first-order valence-electron chi connectivity index (χ1n) is 6.36. The molecule has 1 aromatic rings. The largest absolute Gasteiger partial charge is 0.477 e. The standard InChI is InChI=1S/C12H16N2O6S/c1-20-12(17)8-3-2-4-14(7-8)21(18,19)9-5-10(11(15)16)13-6-9/h5-6,8,13H,2-4,7H2,1H3,(H,15,16). The fraction of sp³-hybridized carbons (Fsp3) is 0.500. The Labute approximate surface area is 121 Å². The third-order valence-corrected chi connectivity index (χ3v) is 5.29. The molecule has 1 aromatic heterocycles. The monoisotopic (exact) mass is 316 g/mol. The molecule has 2 heterocycles. The van der Waals surface area contributed by atoms with Crippen LogP contribution in [0.2, 0.25) is 0 Å². The molecule has 1 aliphatic rings. The number of aromatic amines is 1. The van der Waals surface area contributed by atoms with Crippen molar-refractivity contribution in [3.8, 4) is 0 Å². The number of carbonyl (C=O) groups excluding carboxylic acids is 1. The SMILES string of the molecule is COC(=O)C1CCCN(S(=O)(=O)c2c[nH]c(C(=O)O)c2)C1.